The minimum Gasteiger partial charge on any atom is -0.332 e. The number of aromatic nitrogens is 3. The first-order chi connectivity index (χ1) is 9.10. The van der Waals surface area contributed by atoms with E-state index in [4.69, 9.17) is 16.1 Å². The number of nitrogens with zero attached hydrogens (tertiary/aromatic N) is 3. The molecule has 0 spiro atoms. The van der Waals surface area contributed by atoms with E-state index in [1.165, 1.54) is 4.88 Å². The third-order valence-electron chi connectivity index (χ3n) is 2.67. The van der Waals surface area contributed by atoms with Crippen molar-refractivity contribution in [2.24, 2.45) is 0 Å². The summed E-state index contributed by atoms with van der Waals surface area (Å²) in [5.41, 5.74) is 1.44. The Labute approximate surface area is 126 Å². The van der Waals surface area contributed by atoms with E-state index in [1.807, 2.05) is 6.07 Å². The van der Waals surface area contributed by atoms with Crippen LogP contribution in [0.15, 0.2) is 15.1 Å². The van der Waals surface area contributed by atoms with Gasteiger partial charge < -0.3 is 4.52 Å². The quantitative estimate of drug-likeness (QED) is 0.670. The zero-order valence-corrected chi connectivity index (χ0v) is 13.4. The molecule has 4 nitrogen and oxygen atoms in total. The van der Waals surface area contributed by atoms with E-state index in [1.54, 1.807) is 18.3 Å². The summed E-state index contributed by atoms with van der Waals surface area (Å²) in [5, 5.41) is 4.42. The molecular weight excluding hydrogens is 350 g/mol. The van der Waals surface area contributed by atoms with Crippen molar-refractivity contribution in [2.45, 2.75) is 20.3 Å². The predicted molar refractivity (Wildman–Crippen MR) is 79.7 cm³/mol. The van der Waals surface area contributed by atoms with Crippen LogP contribution in [-0.4, -0.2) is 15.1 Å². The van der Waals surface area contributed by atoms with Crippen LogP contribution in [-0.2, 0) is 6.42 Å². The second-order valence-corrected chi connectivity index (χ2v) is 6.32. The Kier molecular flexibility index (Phi) is 3.32. The standard InChI is InChI=1S/C12H9BrClN3OS/c1-3-6-4-7-11(19-6)9(14)8(13)10(16-7)12-15-5(2)17-18-12/h4H,3H2,1-2H3. The maximum atomic E-state index is 6.39. The third kappa shape index (κ3) is 2.17. The molecule has 0 saturated carbocycles. The van der Waals surface area contributed by atoms with Crippen molar-refractivity contribution in [3.05, 3.63) is 26.3 Å². The molecule has 98 valence electrons. The molecule has 0 aliphatic carbocycles. The Morgan fingerprint density at radius 2 is 2.21 bits per heavy atom. The van der Waals surface area contributed by atoms with Gasteiger partial charge in [-0.2, -0.15) is 4.98 Å². The maximum absolute atomic E-state index is 6.39. The highest BCUT2D eigenvalue weighted by Crippen LogP contribution is 2.40. The molecule has 7 heteroatoms. The zero-order valence-electron chi connectivity index (χ0n) is 10.2. The summed E-state index contributed by atoms with van der Waals surface area (Å²) in [7, 11) is 0. The van der Waals surface area contributed by atoms with E-state index >= 15 is 0 Å². The number of hydrogen-bond donors (Lipinski definition) is 0. The molecule has 0 aliphatic heterocycles. The lowest BCUT2D eigenvalue weighted by Gasteiger charge is -2.02. The van der Waals surface area contributed by atoms with Crippen molar-refractivity contribution in [3.8, 4) is 11.6 Å². The molecule has 3 rings (SSSR count). The highest BCUT2D eigenvalue weighted by atomic mass is 79.9. The molecule has 0 atom stereocenters. The number of fused-ring (bicyclic) bond motifs is 1. The van der Waals surface area contributed by atoms with Gasteiger partial charge in [0.1, 0.15) is 5.69 Å². The molecular formula is C12H9BrClN3OS. The van der Waals surface area contributed by atoms with Gasteiger partial charge in [0.15, 0.2) is 5.82 Å². The molecule has 3 aromatic heterocycles. The van der Waals surface area contributed by atoms with E-state index in [-0.39, 0.29) is 0 Å². The topological polar surface area (TPSA) is 51.8 Å². The lowest BCUT2D eigenvalue weighted by molar-refractivity contribution is 0.424. The van der Waals surface area contributed by atoms with Gasteiger partial charge in [-0.05, 0) is 35.3 Å². The summed E-state index contributed by atoms with van der Waals surface area (Å²) >= 11 is 11.5. The smallest absolute Gasteiger partial charge is 0.277 e. The van der Waals surface area contributed by atoms with Crippen LogP contribution < -0.4 is 0 Å². The monoisotopic (exact) mass is 357 g/mol. The number of aryl methyl sites for hydroxylation is 2. The Morgan fingerprint density at radius 3 is 2.84 bits per heavy atom. The molecule has 3 aromatic rings. The average Bonchev–Trinajstić information content (AvgIpc) is 2.99. The third-order valence-corrected chi connectivity index (χ3v) is 5.45. The minimum absolute atomic E-state index is 0.373. The van der Waals surface area contributed by atoms with Gasteiger partial charge in [-0.1, -0.05) is 23.7 Å². The number of pyridine rings is 1. The van der Waals surface area contributed by atoms with Crippen molar-refractivity contribution < 1.29 is 4.52 Å². The Bertz CT molecular complexity index is 768. The summed E-state index contributed by atoms with van der Waals surface area (Å²) in [4.78, 5) is 10.0. The Morgan fingerprint density at radius 1 is 1.42 bits per heavy atom. The molecule has 0 bridgehead atoms. The first-order valence-electron chi connectivity index (χ1n) is 5.68. The van der Waals surface area contributed by atoms with Gasteiger partial charge in [0.2, 0.25) is 0 Å². The minimum atomic E-state index is 0.373. The highest BCUT2D eigenvalue weighted by molar-refractivity contribution is 9.10. The second-order valence-electron chi connectivity index (χ2n) is 4.02. The van der Waals surface area contributed by atoms with E-state index in [9.17, 15) is 0 Å². The zero-order chi connectivity index (χ0) is 13.6. The average molecular weight is 359 g/mol. The lowest BCUT2D eigenvalue weighted by atomic mass is 10.3. The number of hydrogen-bond acceptors (Lipinski definition) is 5. The van der Waals surface area contributed by atoms with Gasteiger partial charge in [-0.15, -0.1) is 11.3 Å². The fraction of sp³-hybridized carbons (Fsp3) is 0.250. The molecule has 0 amide bonds. The second kappa shape index (κ2) is 4.85. The number of thiophene rings is 1. The van der Waals surface area contributed by atoms with Gasteiger partial charge in [0, 0.05) is 4.88 Å². The van der Waals surface area contributed by atoms with Crippen LogP contribution in [0.25, 0.3) is 21.8 Å². The van der Waals surface area contributed by atoms with E-state index in [0.717, 1.165) is 16.6 Å². The van der Waals surface area contributed by atoms with Crippen LogP contribution in [0.4, 0.5) is 0 Å². The lowest BCUT2D eigenvalue weighted by Crippen LogP contribution is -1.87. The molecule has 0 unspecified atom stereocenters. The van der Waals surface area contributed by atoms with Gasteiger partial charge in [-0.3, -0.25) is 0 Å². The van der Waals surface area contributed by atoms with Crippen LogP contribution in [0.1, 0.15) is 17.6 Å². The summed E-state index contributed by atoms with van der Waals surface area (Å²) in [6.45, 7) is 3.87. The molecule has 0 fully saturated rings. The van der Waals surface area contributed by atoms with Crippen molar-refractivity contribution >= 4 is 49.1 Å². The van der Waals surface area contributed by atoms with Gasteiger partial charge in [-0.25, -0.2) is 4.98 Å². The van der Waals surface area contributed by atoms with Crippen LogP contribution in [0.2, 0.25) is 5.02 Å². The van der Waals surface area contributed by atoms with Crippen molar-refractivity contribution in [1.29, 1.82) is 0 Å². The predicted octanol–water partition coefficient (Wildman–Crippen LogP) is 4.63. The molecule has 0 saturated heterocycles. The molecule has 0 radical (unpaired) electrons. The molecule has 0 N–H and O–H groups in total. The highest BCUT2D eigenvalue weighted by Gasteiger charge is 2.19. The first kappa shape index (κ1) is 13.0. The first-order valence-corrected chi connectivity index (χ1v) is 7.67. The summed E-state index contributed by atoms with van der Waals surface area (Å²) in [6, 6.07) is 2.05. The summed E-state index contributed by atoms with van der Waals surface area (Å²) < 4.78 is 6.83. The van der Waals surface area contributed by atoms with Crippen molar-refractivity contribution in [1.82, 2.24) is 15.1 Å². The molecule has 19 heavy (non-hydrogen) atoms. The Hall–Kier alpha value is -0.980. The molecule has 3 heterocycles. The summed E-state index contributed by atoms with van der Waals surface area (Å²) in [5.74, 6) is 0.942. The maximum Gasteiger partial charge on any atom is 0.277 e. The number of halogens is 2. The van der Waals surface area contributed by atoms with Crippen molar-refractivity contribution in [2.75, 3.05) is 0 Å². The fourth-order valence-corrected chi connectivity index (χ4v) is 3.62. The van der Waals surface area contributed by atoms with Crippen LogP contribution >= 0.6 is 38.9 Å². The van der Waals surface area contributed by atoms with E-state index < -0.39 is 0 Å². The van der Waals surface area contributed by atoms with Gasteiger partial charge >= 0.3 is 0 Å². The van der Waals surface area contributed by atoms with Crippen LogP contribution in [0.5, 0.6) is 0 Å². The molecule has 0 aliphatic rings. The largest absolute Gasteiger partial charge is 0.332 e. The van der Waals surface area contributed by atoms with Gasteiger partial charge in [0.05, 0.1) is 19.7 Å². The number of rotatable bonds is 2. The SMILES string of the molecule is CCc1cc2nc(-c3nc(C)no3)c(Br)c(Cl)c2s1. The summed E-state index contributed by atoms with van der Waals surface area (Å²) in [6.07, 6.45) is 0.962. The Balaban J connectivity index is 2.28. The van der Waals surface area contributed by atoms with E-state index in [2.05, 4.69) is 38.0 Å². The molecule has 0 aromatic carbocycles. The van der Waals surface area contributed by atoms with Crippen molar-refractivity contribution in [3.63, 3.8) is 0 Å². The van der Waals surface area contributed by atoms with Gasteiger partial charge in [0.25, 0.3) is 5.89 Å². The van der Waals surface area contributed by atoms with E-state index in [0.29, 0.717) is 26.9 Å². The normalized spacial score (nSPS) is 11.4. The fourth-order valence-electron chi connectivity index (χ4n) is 1.75. The van der Waals surface area contributed by atoms with Crippen LogP contribution in [0.3, 0.4) is 0 Å². The van der Waals surface area contributed by atoms with Crippen LogP contribution in [0, 0.1) is 6.92 Å².